The standard InChI is InChI=1S/C14H28N2O/c1-14(10-6-4-7-11-14)16-13(17)9-5-2-3-8-12-15/h2-12,15H2,1H3,(H,16,17). The zero-order valence-electron chi connectivity index (χ0n) is 11.3. The highest BCUT2D eigenvalue weighted by atomic mass is 16.1. The summed E-state index contributed by atoms with van der Waals surface area (Å²) in [6.45, 7) is 2.96. The molecule has 0 atom stereocenters. The van der Waals surface area contributed by atoms with Gasteiger partial charge in [-0.1, -0.05) is 32.1 Å². The van der Waals surface area contributed by atoms with Gasteiger partial charge in [-0.05, 0) is 39.2 Å². The van der Waals surface area contributed by atoms with Crippen LogP contribution in [0.1, 0.15) is 71.1 Å². The fraction of sp³-hybridized carbons (Fsp3) is 0.929. The number of carbonyl (C=O) groups excluding carboxylic acids is 1. The largest absolute Gasteiger partial charge is 0.351 e. The summed E-state index contributed by atoms with van der Waals surface area (Å²) in [4.78, 5) is 11.8. The minimum atomic E-state index is 0.0760. The van der Waals surface area contributed by atoms with Gasteiger partial charge in [0.15, 0.2) is 0 Å². The van der Waals surface area contributed by atoms with Gasteiger partial charge in [-0.3, -0.25) is 4.79 Å². The third-order valence-corrected chi connectivity index (χ3v) is 3.76. The third-order valence-electron chi connectivity index (χ3n) is 3.76. The minimum absolute atomic E-state index is 0.0760. The van der Waals surface area contributed by atoms with Crippen LogP contribution in [0.15, 0.2) is 0 Å². The highest BCUT2D eigenvalue weighted by Gasteiger charge is 2.27. The molecule has 0 aromatic rings. The van der Waals surface area contributed by atoms with Crippen LogP contribution in [0, 0.1) is 0 Å². The first-order chi connectivity index (χ1) is 8.16. The molecule has 3 N–H and O–H groups in total. The Labute approximate surface area is 106 Å². The summed E-state index contributed by atoms with van der Waals surface area (Å²) in [6, 6.07) is 0. The van der Waals surface area contributed by atoms with Crippen molar-refractivity contribution in [1.82, 2.24) is 5.32 Å². The van der Waals surface area contributed by atoms with Crippen LogP contribution in [-0.2, 0) is 4.79 Å². The van der Waals surface area contributed by atoms with Crippen molar-refractivity contribution in [2.24, 2.45) is 5.73 Å². The SMILES string of the molecule is CC1(NC(=O)CCCCCCN)CCCCC1. The van der Waals surface area contributed by atoms with Gasteiger partial charge in [0.2, 0.25) is 5.91 Å². The molecule has 3 nitrogen and oxygen atoms in total. The molecular formula is C14H28N2O. The maximum absolute atomic E-state index is 11.8. The molecule has 0 aromatic carbocycles. The number of rotatable bonds is 7. The smallest absolute Gasteiger partial charge is 0.220 e. The number of nitrogens with one attached hydrogen (secondary N) is 1. The number of amides is 1. The Balaban J connectivity index is 2.11. The van der Waals surface area contributed by atoms with E-state index in [4.69, 9.17) is 5.73 Å². The molecule has 0 saturated heterocycles. The second kappa shape index (κ2) is 7.70. The summed E-state index contributed by atoms with van der Waals surface area (Å²) < 4.78 is 0. The van der Waals surface area contributed by atoms with Gasteiger partial charge in [0.25, 0.3) is 0 Å². The molecule has 1 rings (SSSR count). The second-order valence-electron chi connectivity index (χ2n) is 5.62. The van der Waals surface area contributed by atoms with Crippen molar-refractivity contribution in [1.29, 1.82) is 0 Å². The van der Waals surface area contributed by atoms with Gasteiger partial charge in [0.1, 0.15) is 0 Å². The maximum atomic E-state index is 11.8. The highest BCUT2D eigenvalue weighted by molar-refractivity contribution is 5.76. The minimum Gasteiger partial charge on any atom is -0.351 e. The van der Waals surface area contributed by atoms with Crippen molar-refractivity contribution in [3.05, 3.63) is 0 Å². The molecule has 100 valence electrons. The van der Waals surface area contributed by atoms with Crippen LogP contribution < -0.4 is 11.1 Å². The monoisotopic (exact) mass is 240 g/mol. The first-order valence-electron chi connectivity index (χ1n) is 7.17. The zero-order valence-corrected chi connectivity index (χ0v) is 11.3. The lowest BCUT2D eigenvalue weighted by molar-refractivity contribution is -0.123. The molecule has 1 aliphatic rings. The molecule has 3 heteroatoms. The molecular weight excluding hydrogens is 212 g/mol. The molecule has 1 amide bonds. The molecule has 0 bridgehead atoms. The van der Waals surface area contributed by atoms with Gasteiger partial charge in [0.05, 0.1) is 0 Å². The third kappa shape index (κ3) is 6.06. The summed E-state index contributed by atoms with van der Waals surface area (Å²) in [5.41, 5.74) is 5.51. The van der Waals surface area contributed by atoms with E-state index < -0.39 is 0 Å². The number of hydrogen-bond acceptors (Lipinski definition) is 2. The van der Waals surface area contributed by atoms with E-state index in [2.05, 4.69) is 12.2 Å². The molecule has 0 spiro atoms. The first kappa shape index (κ1) is 14.5. The van der Waals surface area contributed by atoms with Crippen molar-refractivity contribution < 1.29 is 4.79 Å². The fourth-order valence-electron chi connectivity index (χ4n) is 2.64. The van der Waals surface area contributed by atoms with E-state index in [1.165, 1.54) is 19.3 Å². The van der Waals surface area contributed by atoms with E-state index in [0.29, 0.717) is 6.42 Å². The predicted molar refractivity (Wildman–Crippen MR) is 71.8 cm³/mol. The molecule has 0 radical (unpaired) electrons. The lowest BCUT2D eigenvalue weighted by atomic mass is 9.83. The highest BCUT2D eigenvalue weighted by Crippen LogP contribution is 2.27. The van der Waals surface area contributed by atoms with Crippen LogP contribution in [0.5, 0.6) is 0 Å². The Bertz CT molecular complexity index is 222. The van der Waals surface area contributed by atoms with Crippen LogP contribution >= 0.6 is 0 Å². The molecule has 17 heavy (non-hydrogen) atoms. The van der Waals surface area contributed by atoms with Gasteiger partial charge in [0, 0.05) is 12.0 Å². The van der Waals surface area contributed by atoms with Gasteiger partial charge < -0.3 is 11.1 Å². The van der Waals surface area contributed by atoms with Crippen molar-refractivity contribution in [3.63, 3.8) is 0 Å². The summed E-state index contributed by atoms with van der Waals surface area (Å²) in [5, 5.41) is 3.22. The topological polar surface area (TPSA) is 55.1 Å². The molecule has 0 aromatic heterocycles. The quantitative estimate of drug-likeness (QED) is 0.672. The lowest BCUT2D eigenvalue weighted by Crippen LogP contribution is -2.47. The van der Waals surface area contributed by atoms with E-state index in [-0.39, 0.29) is 11.4 Å². The fourth-order valence-corrected chi connectivity index (χ4v) is 2.64. The van der Waals surface area contributed by atoms with E-state index in [9.17, 15) is 4.79 Å². The molecule has 1 fully saturated rings. The molecule has 1 saturated carbocycles. The summed E-state index contributed by atoms with van der Waals surface area (Å²) >= 11 is 0. The molecule has 0 heterocycles. The van der Waals surface area contributed by atoms with E-state index in [1.807, 2.05) is 0 Å². The average Bonchev–Trinajstić information content (AvgIpc) is 2.29. The first-order valence-corrected chi connectivity index (χ1v) is 7.17. The van der Waals surface area contributed by atoms with Crippen LogP contribution in [-0.4, -0.2) is 18.0 Å². The molecule has 0 unspecified atom stereocenters. The van der Waals surface area contributed by atoms with Crippen LogP contribution in [0.4, 0.5) is 0 Å². The average molecular weight is 240 g/mol. The van der Waals surface area contributed by atoms with Crippen LogP contribution in [0.3, 0.4) is 0 Å². The summed E-state index contributed by atoms with van der Waals surface area (Å²) in [7, 11) is 0. The normalized spacial score (nSPS) is 18.9. The second-order valence-corrected chi connectivity index (χ2v) is 5.62. The Morgan fingerprint density at radius 2 is 1.76 bits per heavy atom. The Hall–Kier alpha value is -0.570. The van der Waals surface area contributed by atoms with E-state index >= 15 is 0 Å². The lowest BCUT2D eigenvalue weighted by Gasteiger charge is -2.34. The Morgan fingerprint density at radius 1 is 1.12 bits per heavy atom. The number of carbonyl (C=O) groups is 1. The predicted octanol–water partition coefficient (Wildman–Crippen LogP) is 2.73. The number of hydrogen-bond donors (Lipinski definition) is 2. The van der Waals surface area contributed by atoms with Crippen LogP contribution in [0.25, 0.3) is 0 Å². The van der Waals surface area contributed by atoms with E-state index in [0.717, 1.165) is 45.1 Å². The van der Waals surface area contributed by atoms with Crippen molar-refractivity contribution in [2.45, 2.75) is 76.7 Å². The van der Waals surface area contributed by atoms with Crippen molar-refractivity contribution in [2.75, 3.05) is 6.54 Å². The van der Waals surface area contributed by atoms with Crippen LogP contribution in [0.2, 0.25) is 0 Å². The number of nitrogens with two attached hydrogens (primary N) is 1. The van der Waals surface area contributed by atoms with Gasteiger partial charge in [-0.15, -0.1) is 0 Å². The van der Waals surface area contributed by atoms with E-state index in [1.54, 1.807) is 0 Å². The Morgan fingerprint density at radius 3 is 2.41 bits per heavy atom. The van der Waals surface area contributed by atoms with Crippen molar-refractivity contribution >= 4 is 5.91 Å². The number of unbranched alkanes of at least 4 members (excludes halogenated alkanes) is 3. The molecule has 1 aliphatic carbocycles. The zero-order chi connectivity index (χ0) is 12.6. The molecule has 0 aliphatic heterocycles. The summed E-state index contributed by atoms with van der Waals surface area (Å²) in [5.74, 6) is 0.238. The van der Waals surface area contributed by atoms with Gasteiger partial charge >= 0.3 is 0 Å². The van der Waals surface area contributed by atoms with Gasteiger partial charge in [-0.25, -0.2) is 0 Å². The summed E-state index contributed by atoms with van der Waals surface area (Å²) in [6.07, 6.45) is 11.2. The Kier molecular flexibility index (Phi) is 6.56. The maximum Gasteiger partial charge on any atom is 0.220 e. The van der Waals surface area contributed by atoms with Crippen molar-refractivity contribution in [3.8, 4) is 0 Å². The van der Waals surface area contributed by atoms with Gasteiger partial charge in [-0.2, -0.15) is 0 Å².